The lowest BCUT2D eigenvalue weighted by atomic mass is 9.94. The lowest BCUT2D eigenvalue weighted by Gasteiger charge is -2.29. The van der Waals surface area contributed by atoms with E-state index < -0.39 is 0 Å². The molecule has 4 nitrogen and oxygen atoms in total. The number of rotatable bonds is 8. The summed E-state index contributed by atoms with van der Waals surface area (Å²) >= 11 is 0. The number of carbonyl (C=O) groups is 2. The van der Waals surface area contributed by atoms with Gasteiger partial charge >= 0.3 is 11.9 Å². The second kappa shape index (κ2) is 9.86. The van der Waals surface area contributed by atoms with Crippen LogP contribution >= 0.6 is 0 Å². The van der Waals surface area contributed by atoms with Crippen LogP contribution in [0, 0.1) is 11.8 Å². The van der Waals surface area contributed by atoms with Gasteiger partial charge in [0.15, 0.2) is 0 Å². The molecule has 1 saturated carbocycles. The van der Waals surface area contributed by atoms with Gasteiger partial charge in [-0.3, -0.25) is 9.59 Å². The normalized spacial score (nSPS) is 21.9. The number of hydrogen-bond donors (Lipinski definition) is 0. The molecule has 0 bridgehead atoms. The highest BCUT2D eigenvalue weighted by Gasteiger charge is 2.29. The summed E-state index contributed by atoms with van der Waals surface area (Å²) in [5.41, 5.74) is 0. The van der Waals surface area contributed by atoms with Crippen molar-refractivity contribution in [2.24, 2.45) is 11.8 Å². The van der Waals surface area contributed by atoms with Gasteiger partial charge in [-0.1, -0.05) is 27.7 Å². The van der Waals surface area contributed by atoms with E-state index in [9.17, 15) is 9.59 Å². The maximum Gasteiger partial charge on any atom is 0.309 e. The molecule has 22 heavy (non-hydrogen) atoms. The zero-order chi connectivity index (χ0) is 16.5. The molecule has 1 aliphatic carbocycles. The van der Waals surface area contributed by atoms with Crippen LogP contribution in [-0.4, -0.2) is 24.1 Å². The van der Waals surface area contributed by atoms with Gasteiger partial charge < -0.3 is 9.47 Å². The minimum atomic E-state index is -0.0672. The first-order valence-corrected chi connectivity index (χ1v) is 8.96. The van der Waals surface area contributed by atoms with Crippen LogP contribution in [0.4, 0.5) is 0 Å². The summed E-state index contributed by atoms with van der Waals surface area (Å²) in [6, 6.07) is 0. The van der Waals surface area contributed by atoms with Gasteiger partial charge in [-0.05, 0) is 51.4 Å². The molecular formula is C18H32O4. The van der Waals surface area contributed by atoms with Crippen molar-refractivity contribution in [3.8, 4) is 0 Å². The predicted octanol–water partition coefficient (Wildman–Crippen LogP) is 4.26. The van der Waals surface area contributed by atoms with E-state index in [2.05, 4.69) is 0 Å². The third-order valence-electron chi connectivity index (χ3n) is 4.82. The molecule has 0 aliphatic heterocycles. The van der Waals surface area contributed by atoms with E-state index >= 15 is 0 Å². The predicted molar refractivity (Wildman–Crippen MR) is 86.4 cm³/mol. The van der Waals surface area contributed by atoms with Crippen molar-refractivity contribution in [3.63, 3.8) is 0 Å². The molecule has 0 amide bonds. The molecule has 1 fully saturated rings. The first-order valence-electron chi connectivity index (χ1n) is 8.96. The standard InChI is InChI=1S/C18H32O4/c1-5-13(6-2)17(19)21-15-9-11-16(12-10-15)22-18(20)14(7-3)8-4/h13-16H,5-12H2,1-4H3. The Morgan fingerprint density at radius 2 is 1.00 bits per heavy atom. The Balaban J connectivity index is 2.34. The Hall–Kier alpha value is -1.06. The van der Waals surface area contributed by atoms with Crippen LogP contribution in [-0.2, 0) is 19.1 Å². The van der Waals surface area contributed by atoms with Crippen LogP contribution in [0.2, 0.25) is 0 Å². The van der Waals surface area contributed by atoms with E-state index in [1.165, 1.54) is 0 Å². The van der Waals surface area contributed by atoms with E-state index in [1.54, 1.807) is 0 Å². The summed E-state index contributed by atoms with van der Waals surface area (Å²) in [7, 11) is 0. The topological polar surface area (TPSA) is 52.6 Å². The average molecular weight is 312 g/mol. The van der Waals surface area contributed by atoms with Gasteiger partial charge in [0.05, 0.1) is 11.8 Å². The molecule has 0 aromatic rings. The first-order chi connectivity index (χ1) is 10.5. The summed E-state index contributed by atoms with van der Waals surface area (Å²) in [5, 5.41) is 0. The lowest BCUT2D eigenvalue weighted by molar-refractivity contribution is -0.163. The van der Waals surface area contributed by atoms with Gasteiger partial charge in [-0.25, -0.2) is 0 Å². The number of ether oxygens (including phenoxy) is 2. The maximum atomic E-state index is 12.0. The van der Waals surface area contributed by atoms with E-state index in [-0.39, 0.29) is 36.0 Å². The fourth-order valence-corrected chi connectivity index (χ4v) is 3.03. The molecule has 0 radical (unpaired) electrons. The quantitative estimate of drug-likeness (QED) is 0.628. The zero-order valence-electron chi connectivity index (χ0n) is 14.6. The Morgan fingerprint density at radius 1 is 0.727 bits per heavy atom. The molecule has 1 rings (SSSR count). The Labute approximate surface area is 134 Å². The van der Waals surface area contributed by atoms with Crippen molar-refractivity contribution in [2.45, 2.75) is 91.3 Å². The van der Waals surface area contributed by atoms with Gasteiger partial charge in [-0.15, -0.1) is 0 Å². The van der Waals surface area contributed by atoms with Crippen molar-refractivity contribution in [2.75, 3.05) is 0 Å². The highest BCUT2D eigenvalue weighted by Crippen LogP contribution is 2.26. The summed E-state index contributed by atoms with van der Waals surface area (Å²) in [6.07, 6.45) is 6.51. The molecule has 128 valence electrons. The summed E-state index contributed by atoms with van der Waals surface area (Å²) in [5.74, 6) is -0.0965. The zero-order valence-corrected chi connectivity index (χ0v) is 14.6. The summed E-state index contributed by atoms with van der Waals surface area (Å²) < 4.78 is 11.2. The lowest BCUT2D eigenvalue weighted by Crippen LogP contribution is -2.32. The SMILES string of the molecule is CCC(CC)C(=O)OC1CCC(OC(=O)C(CC)CC)CC1. The Morgan fingerprint density at radius 3 is 1.23 bits per heavy atom. The van der Waals surface area contributed by atoms with Gasteiger partial charge in [0.25, 0.3) is 0 Å². The molecule has 0 N–H and O–H groups in total. The Bertz CT molecular complexity index is 303. The smallest absolute Gasteiger partial charge is 0.309 e. The molecule has 0 aromatic carbocycles. The van der Waals surface area contributed by atoms with Crippen LogP contribution in [0.5, 0.6) is 0 Å². The second-order valence-electron chi connectivity index (χ2n) is 6.30. The molecule has 0 atom stereocenters. The third-order valence-corrected chi connectivity index (χ3v) is 4.82. The van der Waals surface area contributed by atoms with E-state index in [1.807, 2.05) is 27.7 Å². The van der Waals surface area contributed by atoms with Crippen molar-refractivity contribution in [1.29, 1.82) is 0 Å². The van der Waals surface area contributed by atoms with E-state index in [0.717, 1.165) is 51.4 Å². The number of hydrogen-bond acceptors (Lipinski definition) is 4. The molecule has 0 heterocycles. The van der Waals surface area contributed by atoms with Gasteiger partial charge in [0, 0.05) is 0 Å². The highest BCUT2D eigenvalue weighted by atomic mass is 16.6. The molecule has 0 aromatic heterocycles. The van der Waals surface area contributed by atoms with Crippen molar-refractivity contribution in [3.05, 3.63) is 0 Å². The van der Waals surface area contributed by atoms with Crippen molar-refractivity contribution < 1.29 is 19.1 Å². The highest BCUT2D eigenvalue weighted by molar-refractivity contribution is 5.73. The average Bonchev–Trinajstić information content (AvgIpc) is 2.51. The fourth-order valence-electron chi connectivity index (χ4n) is 3.03. The fraction of sp³-hybridized carbons (Fsp3) is 0.889. The van der Waals surface area contributed by atoms with Crippen molar-refractivity contribution >= 4 is 11.9 Å². The minimum absolute atomic E-state index is 0.00352. The van der Waals surface area contributed by atoms with Crippen molar-refractivity contribution in [1.82, 2.24) is 0 Å². The first kappa shape index (κ1) is 19.0. The monoisotopic (exact) mass is 312 g/mol. The van der Waals surface area contributed by atoms with Gasteiger partial charge in [0.2, 0.25) is 0 Å². The third kappa shape index (κ3) is 5.62. The molecular weight excluding hydrogens is 280 g/mol. The van der Waals surface area contributed by atoms with Gasteiger partial charge in [0.1, 0.15) is 12.2 Å². The largest absolute Gasteiger partial charge is 0.462 e. The van der Waals surface area contributed by atoms with Crippen LogP contribution < -0.4 is 0 Å². The maximum absolute atomic E-state index is 12.0. The molecule has 0 saturated heterocycles. The minimum Gasteiger partial charge on any atom is -0.462 e. The molecule has 1 aliphatic rings. The number of carbonyl (C=O) groups excluding carboxylic acids is 2. The van der Waals surface area contributed by atoms with E-state index in [0.29, 0.717) is 0 Å². The number of esters is 2. The summed E-state index contributed by atoms with van der Waals surface area (Å²) in [4.78, 5) is 24.0. The molecule has 4 heteroatoms. The van der Waals surface area contributed by atoms with E-state index in [4.69, 9.17) is 9.47 Å². The molecule has 0 spiro atoms. The van der Waals surface area contributed by atoms with Crippen LogP contribution in [0.25, 0.3) is 0 Å². The summed E-state index contributed by atoms with van der Waals surface area (Å²) in [6.45, 7) is 8.07. The van der Waals surface area contributed by atoms with Crippen LogP contribution in [0.15, 0.2) is 0 Å². The molecule has 0 unspecified atom stereocenters. The van der Waals surface area contributed by atoms with Crippen LogP contribution in [0.1, 0.15) is 79.1 Å². The van der Waals surface area contributed by atoms with Crippen LogP contribution in [0.3, 0.4) is 0 Å². The Kier molecular flexibility index (Phi) is 8.51. The second-order valence-corrected chi connectivity index (χ2v) is 6.30. The van der Waals surface area contributed by atoms with Gasteiger partial charge in [-0.2, -0.15) is 0 Å².